The third-order valence-electron chi connectivity index (χ3n) is 3.28. The summed E-state index contributed by atoms with van der Waals surface area (Å²) < 4.78 is 1.10. The Morgan fingerprint density at radius 3 is 2.70 bits per heavy atom. The molecule has 0 radical (unpaired) electrons. The van der Waals surface area contributed by atoms with Crippen LogP contribution in [-0.4, -0.2) is 23.6 Å². The molecule has 1 aromatic carbocycles. The first kappa shape index (κ1) is 17.6. The monoisotopic (exact) mass is 348 g/mol. The predicted molar refractivity (Wildman–Crippen MR) is 97.3 cm³/mol. The summed E-state index contributed by atoms with van der Waals surface area (Å²) in [7, 11) is 0. The lowest BCUT2D eigenvalue weighted by Gasteiger charge is -2.14. The zero-order chi connectivity index (χ0) is 16.7. The van der Waals surface area contributed by atoms with Crippen molar-refractivity contribution in [3.63, 3.8) is 0 Å². The molecule has 0 aliphatic rings. The van der Waals surface area contributed by atoms with Crippen LogP contribution < -0.4 is 10.6 Å². The summed E-state index contributed by atoms with van der Waals surface area (Å²) in [4.78, 5) is 24.4. The van der Waals surface area contributed by atoms with Crippen LogP contribution in [-0.2, 0) is 4.79 Å². The van der Waals surface area contributed by atoms with Crippen LogP contribution >= 0.6 is 23.1 Å². The van der Waals surface area contributed by atoms with Gasteiger partial charge in [0.1, 0.15) is 0 Å². The van der Waals surface area contributed by atoms with Crippen molar-refractivity contribution in [2.75, 3.05) is 11.1 Å². The van der Waals surface area contributed by atoms with Gasteiger partial charge in [0.05, 0.1) is 21.2 Å². The lowest BCUT2D eigenvalue weighted by molar-refractivity contribution is -0.113. The number of anilines is 1. The molecule has 0 saturated heterocycles. The SMILES string of the molecule is CCC(C)NC(=O)c1ccccc1NC(=O)CSc1cccs1. The summed E-state index contributed by atoms with van der Waals surface area (Å²) in [5.41, 5.74) is 1.03. The molecular formula is C17H20N2O2S2. The molecule has 0 aliphatic heterocycles. The number of carbonyl (C=O) groups excluding carboxylic acids is 2. The minimum Gasteiger partial charge on any atom is -0.350 e. The quantitative estimate of drug-likeness (QED) is 0.743. The van der Waals surface area contributed by atoms with Crippen LogP contribution in [0.1, 0.15) is 30.6 Å². The largest absolute Gasteiger partial charge is 0.350 e. The third-order valence-corrected chi connectivity index (χ3v) is 5.41. The number of carbonyl (C=O) groups is 2. The van der Waals surface area contributed by atoms with E-state index in [2.05, 4.69) is 10.6 Å². The molecule has 1 heterocycles. The van der Waals surface area contributed by atoms with Gasteiger partial charge in [0.25, 0.3) is 5.91 Å². The Labute approximate surface area is 144 Å². The first-order valence-corrected chi connectivity index (χ1v) is 9.32. The van der Waals surface area contributed by atoms with E-state index in [9.17, 15) is 9.59 Å². The van der Waals surface area contributed by atoms with E-state index in [1.165, 1.54) is 11.8 Å². The lowest BCUT2D eigenvalue weighted by Crippen LogP contribution is -2.32. The molecule has 2 aromatic rings. The van der Waals surface area contributed by atoms with Crippen LogP contribution in [0.4, 0.5) is 5.69 Å². The molecule has 2 rings (SSSR count). The van der Waals surface area contributed by atoms with Crippen molar-refractivity contribution in [3.8, 4) is 0 Å². The number of nitrogens with one attached hydrogen (secondary N) is 2. The first-order valence-electron chi connectivity index (χ1n) is 7.46. The van der Waals surface area contributed by atoms with Crippen LogP contribution in [0.25, 0.3) is 0 Å². The van der Waals surface area contributed by atoms with Gasteiger partial charge in [-0.2, -0.15) is 0 Å². The van der Waals surface area contributed by atoms with E-state index in [-0.39, 0.29) is 17.9 Å². The average molecular weight is 348 g/mol. The van der Waals surface area contributed by atoms with Gasteiger partial charge in [0.15, 0.2) is 0 Å². The molecule has 23 heavy (non-hydrogen) atoms. The first-order chi connectivity index (χ1) is 11.1. The fourth-order valence-electron chi connectivity index (χ4n) is 1.86. The fourth-order valence-corrected chi connectivity index (χ4v) is 3.45. The van der Waals surface area contributed by atoms with E-state index in [4.69, 9.17) is 0 Å². The molecule has 0 bridgehead atoms. The number of thiophene rings is 1. The molecule has 0 spiro atoms. The number of hydrogen-bond acceptors (Lipinski definition) is 4. The highest BCUT2D eigenvalue weighted by Gasteiger charge is 2.14. The van der Waals surface area contributed by atoms with Gasteiger partial charge in [0, 0.05) is 6.04 Å². The highest BCUT2D eigenvalue weighted by Crippen LogP contribution is 2.23. The maximum atomic E-state index is 12.3. The predicted octanol–water partition coefficient (Wildman–Crippen LogP) is 4.01. The maximum Gasteiger partial charge on any atom is 0.253 e. The second-order valence-corrected chi connectivity index (χ2v) is 7.32. The van der Waals surface area contributed by atoms with Crippen molar-refractivity contribution >= 4 is 40.6 Å². The topological polar surface area (TPSA) is 58.2 Å². The van der Waals surface area contributed by atoms with Crippen LogP contribution in [0.15, 0.2) is 46.0 Å². The average Bonchev–Trinajstić information content (AvgIpc) is 3.06. The Morgan fingerprint density at radius 1 is 1.22 bits per heavy atom. The van der Waals surface area contributed by atoms with E-state index in [1.54, 1.807) is 29.5 Å². The summed E-state index contributed by atoms with van der Waals surface area (Å²) in [6.07, 6.45) is 0.859. The Balaban J connectivity index is 1.99. The fraction of sp³-hybridized carbons (Fsp3) is 0.294. The van der Waals surface area contributed by atoms with E-state index in [0.717, 1.165) is 10.6 Å². The molecule has 0 aliphatic carbocycles. The molecule has 122 valence electrons. The standard InChI is InChI=1S/C17H20N2O2S2/c1-3-12(2)18-17(21)13-7-4-5-8-14(13)19-15(20)11-23-16-9-6-10-22-16/h4-10,12H,3,11H2,1-2H3,(H,18,21)(H,19,20). The van der Waals surface area contributed by atoms with Gasteiger partial charge < -0.3 is 10.6 Å². The highest BCUT2D eigenvalue weighted by atomic mass is 32.2. The number of benzene rings is 1. The third kappa shape index (κ3) is 5.41. The summed E-state index contributed by atoms with van der Waals surface area (Å²) >= 11 is 3.10. The second kappa shape index (κ2) is 8.74. The van der Waals surface area contributed by atoms with E-state index in [0.29, 0.717) is 17.0 Å². The van der Waals surface area contributed by atoms with E-state index in [1.807, 2.05) is 37.4 Å². The zero-order valence-electron chi connectivity index (χ0n) is 13.2. The van der Waals surface area contributed by atoms with Crippen LogP contribution in [0, 0.1) is 0 Å². The normalized spacial score (nSPS) is 11.7. The molecule has 0 fully saturated rings. The Morgan fingerprint density at radius 2 is 2.00 bits per heavy atom. The summed E-state index contributed by atoms with van der Waals surface area (Å²) in [6.45, 7) is 3.97. The van der Waals surface area contributed by atoms with Crippen molar-refractivity contribution in [2.45, 2.75) is 30.5 Å². The number of hydrogen-bond donors (Lipinski definition) is 2. The van der Waals surface area contributed by atoms with Crippen LogP contribution in [0.3, 0.4) is 0 Å². The van der Waals surface area contributed by atoms with Gasteiger partial charge in [0.2, 0.25) is 5.91 Å². The molecule has 1 aromatic heterocycles. The minimum absolute atomic E-state index is 0.0978. The Bertz CT molecular complexity index is 656. The number of rotatable bonds is 7. The van der Waals surface area contributed by atoms with E-state index < -0.39 is 0 Å². The van der Waals surface area contributed by atoms with E-state index >= 15 is 0 Å². The van der Waals surface area contributed by atoms with Crippen molar-refractivity contribution in [1.82, 2.24) is 5.32 Å². The number of para-hydroxylation sites is 1. The van der Waals surface area contributed by atoms with Crippen molar-refractivity contribution < 1.29 is 9.59 Å². The zero-order valence-corrected chi connectivity index (χ0v) is 14.8. The Kier molecular flexibility index (Phi) is 6.67. The smallest absolute Gasteiger partial charge is 0.253 e. The molecule has 1 atom stereocenters. The molecule has 1 unspecified atom stereocenters. The lowest BCUT2D eigenvalue weighted by atomic mass is 10.1. The molecule has 2 N–H and O–H groups in total. The van der Waals surface area contributed by atoms with Crippen molar-refractivity contribution in [1.29, 1.82) is 0 Å². The molecule has 4 nitrogen and oxygen atoms in total. The number of amides is 2. The number of thioether (sulfide) groups is 1. The molecule has 6 heteroatoms. The second-order valence-electron chi connectivity index (χ2n) is 5.10. The minimum atomic E-state index is -0.166. The molecular weight excluding hydrogens is 328 g/mol. The summed E-state index contributed by atoms with van der Waals surface area (Å²) in [6, 6.07) is 11.1. The van der Waals surface area contributed by atoms with Crippen molar-refractivity contribution in [3.05, 3.63) is 47.3 Å². The van der Waals surface area contributed by atoms with Gasteiger partial charge in [-0.25, -0.2) is 0 Å². The molecule has 0 saturated carbocycles. The van der Waals surface area contributed by atoms with Gasteiger partial charge in [-0.05, 0) is 36.9 Å². The molecule has 2 amide bonds. The van der Waals surface area contributed by atoms with Crippen LogP contribution in [0.2, 0.25) is 0 Å². The van der Waals surface area contributed by atoms with Gasteiger partial charge in [-0.1, -0.05) is 25.1 Å². The van der Waals surface area contributed by atoms with Gasteiger partial charge in [-0.3, -0.25) is 9.59 Å². The summed E-state index contributed by atoms with van der Waals surface area (Å²) in [5, 5.41) is 7.73. The summed E-state index contributed by atoms with van der Waals surface area (Å²) in [5.74, 6) is 0.0373. The highest BCUT2D eigenvalue weighted by molar-refractivity contribution is 8.01. The maximum absolute atomic E-state index is 12.3. The Hall–Kier alpha value is -1.79. The van der Waals surface area contributed by atoms with Gasteiger partial charge in [-0.15, -0.1) is 23.1 Å². The van der Waals surface area contributed by atoms with Crippen molar-refractivity contribution in [2.24, 2.45) is 0 Å². The van der Waals surface area contributed by atoms with Gasteiger partial charge >= 0.3 is 0 Å². The van der Waals surface area contributed by atoms with Crippen LogP contribution in [0.5, 0.6) is 0 Å².